The fourth-order valence-electron chi connectivity index (χ4n) is 2.78. The van der Waals surface area contributed by atoms with Crippen LogP contribution in [0.15, 0.2) is 66.6 Å². The van der Waals surface area contributed by atoms with Crippen molar-refractivity contribution in [2.24, 2.45) is 0 Å². The van der Waals surface area contributed by atoms with Gasteiger partial charge in [-0.05, 0) is 31.2 Å². The topological polar surface area (TPSA) is 102 Å². The summed E-state index contributed by atoms with van der Waals surface area (Å²) in [5.74, 6) is -0.784. The Balaban J connectivity index is 1.67. The lowest BCUT2D eigenvalue weighted by atomic mass is 10.2. The molecule has 160 valence electrons. The quantitative estimate of drug-likeness (QED) is 0.391. The molecule has 0 aliphatic carbocycles. The number of amides is 2. The van der Waals surface area contributed by atoms with Gasteiger partial charge in [0, 0.05) is 12.7 Å². The Morgan fingerprint density at radius 1 is 1.26 bits per heavy atom. The molecule has 0 saturated heterocycles. The van der Waals surface area contributed by atoms with Crippen molar-refractivity contribution in [1.82, 2.24) is 25.1 Å². The van der Waals surface area contributed by atoms with E-state index in [-0.39, 0.29) is 17.2 Å². The predicted molar refractivity (Wildman–Crippen MR) is 116 cm³/mol. The number of carbonyl (C=O) groups excluding carboxylic acids is 2. The molecule has 0 unspecified atom stereocenters. The Bertz CT molecular complexity index is 1070. The van der Waals surface area contributed by atoms with Gasteiger partial charge in [-0.15, -0.1) is 16.8 Å². The molecule has 1 atom stereocenters. The van der Waals surface area contributed by atoms with Crippen molar-refractivity contribution in [1.29, 1.82) is 0 Å². The summed E-state index contributed by atoms with van der Waals surface area (Å²) < 4.78 is 15.6. The van der Waals surface area contributed by atoms with Gasteiger partial charge < -0.3 is 15.2 Å². The number of anilines is 1. The Hall–Kier alpha value is -3.53. The number of rotatable bonds is 9. The fourth-order valence-corrected chi connectivity index (χ4v) is 3.53. The van der Waals surface area contributed by atoms with E-state index in [2.05, 4.69) is 32.4 Å². The molecule has 0 spiro atoms. The largest absolute Gasteiger partial charge is 0.342 e. The van der Waals surface area contributed by atoms with Gasteiger partial charge in [0.05, 0.1) is 29.2 Å². The summed E-state index contributed by atoms with van der Waals surface area (Å²) in [6.07, 6.45) is 4.84. The molecular weight excluding hydrogens is 419 g/mol. The SMILES string of the molecule is C=CCn1c(SCC(=O)Nc2cccnc2)nnc1[C@H](C)NC(=O)c1ccccc1F. The molecule has 8 nitrogen and oxygen atoms in total. The Morgan fingerprint density at radius 3 is 2.77 bits per heavy atom. The number of allylic oxidation sites excluding steroid dienone is 1. The van der Waals surface area contributed by atoms with Crippen LogP contribution in [0.2, 0.25) is 0 Å². The van der Waals surface area contributed by atoms with Crippen molar-refractivity contribution in [3.63, 3.8) is 0 Å². The molecule has 0 radical (unpaired) electrons. The first-order valence-corrected chi connectivity index (χ1v) is 10.4. The molecular formula is C21H21FN6O2S. The molecule has 3 rings (SSSR count). The lowest BCUT2D eigenvalue weighted by Gasteiger charge is -2.15. The standard InChI is InChI=1S/C21H21FN6O2S/c1-3-11-28-19(14(2)24-20(30)16-8-4-5-9-17(16)22)26-27-21(28)31-13-18(29)25-15-7-6-10-23-12-15/h3-10,12,14H,1,11,13H2,2H3,(H,24,30)(H,25,29)/t14-/m0/s1. The van der Waals surface area contributed by atoms with Gasteiger partial charge in [0.25, 0.3) is 5.91 Å². The molecule has 2 N–H and O–H groups in total. The zero-order valence-electron chi connectivity index (χ0n) is 16.8. The van der Waals surface area contributed by atoms with Crippen LogP contribution in [0.1, 0.15) is 29.1 Å². The zero-order valence-corrected chi connectivity index (χ0v) is 17.6. The summed E-state index contributed by atoms with van der Waals surface area (Å²) >= 11 is 1.21. The minimum Gasteiger partial charge on any atom is -0.342 e. The minimum atomic E-state index is -0.601. The second-order valence-corrected chi connectivity index (χ2v) is 7.44. The van der Waals surface area contributed by atoms with Crippen LogP contribution in [-0.4, -0.2) is 37.3 Å². The number of hydrogen-bond acceptors (Lipinski definition) is 6. The molecule has 31 heavy (non-hydrogen) atoms. The van der Waals surface area contributed by atoms with E-state index in [1.165, 1.54) is 30.0 Å². The lowest BCUT2D eigenvalue weighted by Crippen LogP contribution is -2.29. The van der Waals surface area contributed by atoms with E-state index in [0.29, 0.717) is 23.2 Å². The normalized spacial score (nSPS) is 11.5. The van der Waals surface area contributed by atoms with Gasteiger partial charge in [-0.2, -0.15) is 0 Å². The van der Waals surface area contributed by atoms with Crippen LogP contribution in [0.4, 0.5) is 10.1 Å². The maximum absolute atomic E-state index is 13.9. The van der Waals surface area contributed by atoms with E-state index in [1.54, 1.807) is 48.2 Å². The van der Waals surface area contributed by atoms with Crippen LogP contribution in [0.25, 0.3) is 0 Å². The molecule has 0 saturated carbocycles. The number of nitrogens with zero attached hydrogens (tertiary/aromatic N) is 4. The van der Waals surface area contributed by atoms with Crippen LogP contribution in [-0.2, 0) is 11.3 Å². The van der Waals surface area contributed by atoms with E-state index in [4.69, 9.17) is 0 Å². The smallest absolute Gasteiger partial charge is 0.254 e. The van der Waals surface area contributed by atoms with Crippen LogP contribution >= 0.6 is 11.8 Å². The maximum atomic E-state index is 13.9. The highest BCUT2D eigenvalue weighted by atomic mass is 32.2. The highest BCUT2D eigenvalue weighted by Crippen LogP contribution is 2.21. The minimum absolute atomic E-state index is 0.0502. The monoisotopic (exact) mass is 440 g/mol. The highest BCUT2D eigenvalue weighted by Gasteiger charge is 2.21. The van der Waals surface area contributed by atoms with Crippen LogP contribution < -0.4 is 10.6 Å². The summed E-state index contributed by atoms with van der Waals surface area (Å²) in [5.41, 5.74) is 0.552. The molecule has 0 fully saturated rings. The Labute approximate surface area is 183 Å². The molecule has 0 aliphatic rings. The van der Waals surface area contributed by atoms with Crippen molar-refractivity contribution < 1.29 is 14.0 Å². The van der Waals surface area contributed by atoms with E-state index >= 15 is 0 Å². The van der Waals surface area contributed by atoms with E-state index < -0.39 is 17.8 Å². The third-order valence-corrected chi connectivity index (χ3v) is 5.15. The molecule has 3 aromatic rings. The average Bonchev–Trinajstić information content (AvgIpc) is 3.16. The third-order valence-electron chi connectivity index (χ3n) is 4.19. The van der Waals surface area contributed by atoms with Crippen LogP contribution in [0.5, 0.6) is 0 Å². The number of halogens is 1. The van der Waals surface area contributed by atoms with Gasteiger partial charge in [-0.1, -0.05) is 30.0 Å². The summed E-state index contributed by atoms with van der Waals surface area (Å²) in [6.45, 7) is 5.85. The highest BCUT2D eigenvalue weighted by molar-refractivity contribution is 7.99. The molecule has 2 aromatic heterocycles. The van der Waals surface area contributed by atoms with E-state index in [9.17, 15) is 14.0 Å². The molecule has 2 amide bonds. The summed E-state index contributed by atoms with van der Waals surface area (Å²) in [6, 6.07) is 8.68. The first kappa shape index (κ1) is 22.2. The number of hydrogen-bond donors (Lipinski definition) is 2. The number of carbonyl (C=O) groups is 2. The second kappa shape index (κ2) is 10.5. The summed E-state index contributed by atoms with van der Waals surface area (Å²) in [5, 5.41) is 14.3. The van der Waals surface area contributed by atoms with Gasteiger partial charge in [0.15, 0.2) is 11.0 Å². The van der Waals surface area contributed by atoms with Gasteiger partial charge in [-0.25, -0.2) is 4.39 Å². The van der Waals surface area contributed by atoms with Gasteiger partial charge in [0.2, 0.25) is 5.91 Å². The molecule has 0 aliphatic heterocycles. The maximum Gasteiger partial charge on any atom is 0.254 e. The predicted octanol–water partition coefficient (Wildman–Crippen LogP) is 3.22. The van der Waals surface area contributed by atoms with Crippen LogP contribution in [0, 0.1) is 5.82 Å². The van der Waals surface area contributed by atoms with Crippen molar-refractivity contribution >= 4 is 29.3 Å². The number of aromatic nitrogens is 4. The average molecular weight is 441 g/mol. The number of pyridine rings is 1. The molecule has 1 aromatic carbocycles. The third kappa shape index (κ3) is 5.76. The molecule has 2 heterocycles. The second-order valence-electron chi connectivity index (χ2n) is 6.49. The summed E-state index contributed by atoms with van der Waals surface area (Å²) in [7, 11) is 0. The van der Waals surface area contributed by atoms with Crippen molar-refractivity contribution in [3.05, 3.63) is 78.7 Å². The lowest BCUT2D eigenvalue weighted by molar-refractivity contribution is -0.113. The number of nitrogens with one attached hydrogen (secondary N) is 2. The van der Waals surface area contributed by atoms with Gasteiger partial charge in [0.1, 0.15) is 5.82 Å². The van der Waals surface area contributed by atoms with Gasteiger partial charge >= 0.3 is 0 Å². The Morgan fingerprint density at radius 2 is 2.06 bits per heavy atom. The van der Waals surface area contributed by atoms with Crippen LogP contribution in [0.3, 0.4) is 0 Å². The molecule has 10 heteroatoms. The first-order valence-electron chi connectivity index (χ1n) is 9.41. The first-order chi connectivity index (χ1) is 15.0. The van der Waals surface area contributed by atoms with Crippen molar-refractivity contribution in [2.45, 2.75) is 24.7 Å². The van der Waals surface area contributed by atoms with Crippen molar-refractivity contribution in [2.75, 3.05) is 11.1 Å². The van der Waals surface area contributed by atoms with E-state index in [1.807, 2.05) is 0 Å². The van der Waals surface area contributed by atoms with E-state index in [0.717, 1.165) is 0 Å². The number of thioether (sulfide) groups is 1. The summed E-state index contributed by atoms with van der Waals surface area (Å²) in [4.78, 5) is 28.6. The molecule has 0 bridgehead atoms. The fraction of sp³-hybridized carbons (Fsp3) is 0.190. The van der Waals surface area contributed by atoms with Crippen molar-refractivity contribution in [3.8, 4) is 0 Å². The Kier molecular flexibility index (Phi) is 7.50. The number of benzene rings is 1. The van der Waals surface area contributed by atoms with Gasteiger partial charge in [-0.3, -0.25) is 14.6 Å². The zero-order chi connectivity index (χ0) is 22.2.